The van der Waals surface area contributed by atoms with Crippen LogP contribution in [0.3, 0.4) is 0 Å². The summed E-state index contributed by atoms with van der Waals surface area (Å²) in [5.74, 6) is -1.87. The number of methoxy groups -OCH3 is 1. The van der Waals surface area contributed by atoms with Crippen LogP contribution >= 0.6 is 11.3 Å². The molecule has 17 heteroatoms. The van der Waals surface area contributed by atoms with Gasteiger partial charge in [0.25, 0.3) is 5.91 Å². The van der Waals surface area contributed by atoms with Crippen LogP contribution < -0.4 is 15.8 Å². The summed E-state index contributed by atoms with van der Waals surface area (Å²) in [6.45, 7) is 1.55. The van der Waals surface area contributed by atoms with Crippen LogP contribution in [0.15, 0.2) is 18.5 Å². The zero-order chi connectivity index (χ0) is 27.9. The largest absolute Gasteiger partial charge is 0.475 e. The molecule has 4 aromatic rings. The summed E-state index contributed by atoms with van der Waals surface area (Å²) in [5.41, 5.74) is 4.74. The molecule has 38 heavy (non-hydrogen) atoms. The number of ether oxygens (including phenoxy) is 1. The van der Waals surface area contributed by atoms with E-state index in [2.05, 4.69) is 20.5 Å². The SMILES string of the molecule is COc1nn(CCC(=O)Nc2c(C(N)=O)sc3nc(C(F)(F)F)cc(-c4cnn(C)c4C)c23)cc1[N+](=O)[O-]. The number of primary amides is 1. The number of thiophene rings is 1. The van der Waals surface area contributed by atoms with E-state index in [-0.39, 0.29) is 45.2 Å². The van der Waals surface area contributed by atoms with Gasteiger partial charge < -0.3 is 15.8 Å². The smallest absolute Gasteiger partial charge is 0.433 e. The molecule has 0 bridgehead atoms. The van der Waals surface area contributed by atoms with Gasteiger partial charge in [0.1, 0.15) is 21.6 Å². The lowest BCUT2D eigenvalue weighted by Gasteiger charge is -2.12. The Kier molecular flexibility index (Phi) is 6.79. The Morgan fingerprint density at radius 1 is 1.32 bits per heavy atom. The number of nitrogens with two attached hydrogens (primary N) is 1. The Morgan fingerprint density at radius 2 is 2.03 bits per heavy atom. The first kappa shape index (κ1) is 26.5. The lowest BCUT2D eigenvalue weighted by molar-refractivity contribution is -0.385. The van der Waals surface area contributed by atoms with Gasteiger partial charge in [0.15, 0.2) is 0 Å². The number of aryl methyl sites for hydroxylation is 2. The predicted molar refractivity (Wildman–Crippen MR) is 129 cm³/mol. The summed E-state index contributed by atoms with van der Waals surface area (Å²) in [5, 5.41) is 21.7. The lowest BCUT2D eigenvalue weighted by atomic mass is 10.0. The van der Waals surface area contributed by atoms with E-state index in [1.54, 1.807) is 14.0 Å². The summed E-state index contributed by atoms with van der Waals surface area (Å²) >= 11 is 0.615. The fourth-order valence-electron chi connectivity index (χ4n) is 3.71. The van der Waals surface area contributed by atoms with Crippen LogP contribution in [-0.4, -0.2) is 48.4 Å². The second kappa shape index (κ2) is 9.73. The van der Waals surface area contributed by atoms with Gasteiger partial charge in [0.2, 0.25) is 5.91 Å². The summed E-state index contributed by atoms with van der Waals surface area (Å²) in [6, 6.07) is 0.828. The van der Waals surface area contributed by atoms with Crippen molar-refractivity contribution in [1.82, 2.24) is 24.5 Å². The predicted octanol–water partition coefficient (Wildman–Crippen LogP) is 3.27. The number of pyridine rings is 1. The van der Waals surface area contributed by atoms with Crippen molar-refractivity contribution in [2.75, 3.05) is 12.4 Å². The molecule has 3 N–H and O–H groups in total. The number of carbonyl (C=O) groups excluding carboxylic acids is 2. The summed E-state index contributed by atoms with van der Waals surface area (Å²) in [7, 11) is 2.82. The highest BCUT2D eigenvalue weighted by Gasteiger charge is 2.35. The molecule has 0 unspecified atom stereocenters. The average molecular weight is 552 g/mol. The van der Waals surface area contributed by atoms with Crippen molar-refractivity contribution in [2.24, 2.45) is 12.8 Å². The van der Waals surface area contributed by atoms with Crippen LogP contribution in [0.4, 0.5) is 24.5 Å². The molecule has 2 amide bonds. The zero-order valence-corrected chi connectivity index (χ0v) is 20.8. The number of rotatable bonds is 8. The first-order valence-electron chi connectivity index (χ1n) is 10.7. The Hall–Kier alpha value is -4.54. The third kappa shape index (κ3) is 4.86. The van der Waals surface area contributed by atoms with Gasteiger partial charge in [-0.1, -0.05) is 0 Å². The number of alkyl halides is 3. The number of amides is 2. The summed E-state index contributed by atoms with van der Waals surface area (Å²) < 4.78 is 48.4. The van der Waals surface area contributed by atoms with Crippen LogP contribution in [0.25, 0.3) is 21.3 Å². The van der Waals surface area contributed by atoms with Gasteiger partial charge in [0, 0.05) is 30.1 Å². The molecular weight excluding hydrogens is 533 g/mol. The molecular formula is C21H19F3N8O5S. The molecule has 0 aliphatic rings. The number of hydrogen-bond acceptors (Lipinski definition) is 9. The van der Waals surface area contributed by atoms with E-state index < -0.39 is 34.3 Å². The van der Waals surface area contributed by atoms with Crippen LogP contribution in [0.5, 0.6) is 5.88 Å². The van der Waals surface area contributed by atoms with Crippen LogP contribution in [0.1, 0.15) is 27.5 Å². The third-order valence-corrected chi connectivity index (χ3v) is 6.73. The van der Waals surface area contributed by atoms with Gasteiger partial charge in [0.05, 0.1) is 30.5 Å². The summed E-state index contributed by atoms with van der Waals surface area (Å²) in [6.07, 6.45) is -2.58. The molecule has 0 fully saturated rings. The standard InChI is InChI=1S/C21H19F3N8O5S/c1-9-11(7-26-30(9)2)10-6-13(21(22,23)24)27-20-15(10)16(17(38-20)18(25)34)28-14(33)4-5-31-8-12(32(35)36)19(29-31)37-3/h6-8H,4-5H2,1-3H3,(H2,25,34)(H,28,33). The molecule has 0 aromatic carbocycles. The average Bonchev–Trinajstić information content (AvgIpc) is 3.52. The quantitative estimate of drug-likeness (QED) is 0.247. The van der Waals surface area contributed by atoms with Crippen molar-refractivity contribution in [2.45, 2.75) is 26.1 Å². The maximum Gasteiger partial charge on any atom is 0.433 e. The zero-order valence-electron chi connectivity index (χ0n) is 20.0. The van der Waals surface area contributed by atoms with Crippen molar-refractivity contribution >= 4 is 44.7 Å². The number of hydrogen-bond donors (Lipinski definition) is 2. The molecule has 0 saturated heterocycles. The van der Waals surface area contributed by atoms with Crippen molar-refractivity contribution < 1.29 is 32.4 Å². The Morgan fingerprint density at radius 3 is 2.55 bits per heavy atom. The maximum absolute atomic E-state index is 13.7. The van der Waals surface area contributed by atoms with Gasteiger partial charge in [-0.3, -0.25) is 29.1 Å². The van der Waals surface area contributed by atoms with Crippen molar-refractivity contribution in [3.63, 3.8) is 0 Å². The van der Waals surface area contributed by atoms with Crippen molar-refractivity contribution in [3.8, 4) is 17.0 Å². The van der Waals surface area contributed by atoms with Crippen molar-refractivity contribution in [3.05, 3.63) is 44.8 Å². The highest BCUT2D eigenvalue weighted by molar-refractivity contribution is 7.21. The van der Waals surface area contributed by atoms with E-state index in [0.29, 0.717) is 22.6 Å². The van der Waals surface area contributed by atoms with E-state index in [9.17, 15) is 32.9 Å². The van der Waals surface area contributed by atoms with Crippen molar-refractivity contribution in [1.29, 1.82) is 0 Å². The molecule has 0 aliphatic heterocycles. The monoisotopic (exact) mass is 552 g/mol. The number of anilines is 1. The minimum atomic E-state index is -4.78. The second-order valence-electron chi connectivity index (χ2n) is 8.01. The first-order valence-corrected chi connectivity index (χ1v) is 11.5. The van der Waals surface area contributed by atoms with Crippen LogP contribution in [0.2, 0.25) is 0 Å². The number of nitro groups is 1. The molecule has 0 atom stereocenters. The highest BCUT2D eigenvalue weighted by Crippen LogP contribution is 2.44. The van der Waals surface area contributed by atoms with Gasteiger partial charge in [-0.05, 0) is 18.6 Å². The number of halogens is 3. The molecule has 0 radical (unpaired) electrons. The number of aromatic nitrogens is 5. The maximum atomic E-state index is 13.7. The van der Waals surface area contributed by atoms with Crippen LogP contribution in [-0.2, 0) is 24.6 Å². The molecule has 200 valence electrons. The van der Waals surface area contributed by atoms with E-state index >= 15 is 0 Å². The fourth-order valence-corrected chi connectivity index (χ4v) is 4.72. The number of nitrogens with zero attached hydrogens (tertiary/aromatic N) is 6. The van der Waals surface area contributed by atoms with Gasteiger partial charge in [-0.2, -0.15) is 18.3 Å². The van der Waals surface area contributed by atoms with E-state index in [4.69, 9.17) is 10.5 Å². The van der Waals surface area contributed by atoms with E-state index in [0.717, 1.165) is 16.9 Å². The van der Waals surface area contributed by atoms with Gasteiger partial charge in [-0.15, -0.1) is 16.4 Å². The molecule has 13 nitrogen and oxygen atoms in total. The molecule has 4 heterocycles. The Bertz CT molecular complexity index is 1590. The molecule has 4 aromatic heterocycles. The first-order chi connectivity index (χ1) is 17.8. The third-order valence-electron chi connectivity index (χ3n) is 5.63. The number of nitrogens with one attached hydrogen (secondary N) is 1. The molecule has 0 aliphatic carbocycles. The lowest BCUT2D eigenvalue weighted by Crippen LogP contribution is -2.18. The van der Waals surface area contributed by atoms with Gasteiger partial charge >= 0.3 is 17.7 Å². The highest BCUT2D eigenvalue weighted by atomic mass is 32.1. The van der Waals surface area contributed by atoms with E-state index in [1.165, 1.54) is 18.0 Å². The summed E-state index contributed by atoms with van der Waals surface area (Å²) in [4.78, 5) is 38.8. The Labute approximate surface area is 215 Å². The number of fused-ring (bicyclic) bond motifs is 1. The molecule has 0 spiro atoms. The minimum absolute atomic E-state index is 0.0550. The Balaban J connectivity index is 1.77. The minimum Gasteiger partial charge on any atom is -0.475 e. The van der Waals surface area contributed by atoms with Crippen LogP contribution in [0, 0.1) is 17.0 Å². The molecule has 0 saturated carbocycles. The van der Waals surface area contributed by atoms with E-state index in [1.807, 2.05) is 0 Å². The molecule has 4 rings (SSSR count). The fraction of sp³-hybridized carbons (Fsp3) is 0.286. The second-order valence-corrected chi connectivity index (χ2v) is 9.01. The number of carbonyl (C=O) groups is 2. The topological polar surface area (TPSA) is 173 Å². The van der Waals surface area contributed by atoms with Gasteiger partial charge in [-0.25, -0.2) is 4.98 Å². The normalized spacial score (nSPS) is 11.6.